The average Bonchev–Trinajstić information content (AvgIpc) is 3.11. The molecule has 3 aromatic rings. The van der Waals surface area contributed by atoms with Crippen LogP contribution in [-0.4, -0.2) is 49.8 Å². The molecule has 4 rings (SSSR count). The molecule has 1 aliphatic rings. The molecule has 2 heterocycles. The highest BCUT2D eigenvalue weighted by Crippen LogP contribution is 2.51. The van der Waals surface area contributed by atoms with E-state index in [1.54, 1.807) is 19.3 Å². The first-order chi connectivity index (χ1) is 15.0. The van der Waals surface area contributed by atoms with Crippen LogP contribution in [0.15, 0.2) is 47.2 Å². The van der Waals surface area contributed by atoms with Crippen molar-refractivity contribution in [1.82, 2.24) is 14.7 Å². The number of benzene rings is 1. The highest BCUT2D eigenvalue weighted by atomic mass is 16.5. The van der Waals surface area contributed by atoms with Gasteiger partial charge in [0.05, 0.1) is 19.3 Å². The molecule has 1 saturated carbocycles. The molecule has 0 bridgehead atoms. The summed E-state index contributed by atoms with van der Waals surface area (Å²) in [6, 6.07) is 9.14. The minimum atomic E-state index is -0.723. The van der Waals surface area contributed by atoms with Gasteiger partial charge in [0.2, 0.25) is 0 Å². The Hall–Kier alpha value is -2.96. The molecule has 5 N–H and O–H groups in total. The van der Waals surface area contributed by atoms with Gasteiger partial charge >= 0.3 is 0 Å². The molecule has 31 heavy (non-hydrogen) atoms. The summed E-state index contributed by atoms with van der Waals surface area (Å²) in [7, 11) is 0. The third kappa shape index (κ3) is 4.13. The Balaban J connectivity index is 1.50. The Morgan fingerprint density at radius 2 is 2.03 bits per heavy atom. The molecule has 2 aromatic heterocycles. The van der Waals surface area contributed by atoms with Crippen molar-refractivity contribution in [2.45, 2.75) is 25.5 Å². The summed E-state index contributed by atoms with van der Waals surface area (Å²) in [5.41, 5.74) is 7.89. The predicted molar refractivity (Wildman–Crippen MR) is 114 cm³/mol. The zero-order valence-corrected chi connectivity index (χ0v) is 17.3. The minimum Gasteiger partial charge on any atom is -0.396 e. The van der Waals surface area contributed by atoms with Gasteiger partial charge in [-0.15, -0.1) is 0 Å². The Kier molecular flexibility index (Phi) is 5.94. The van der Waals surface area contributed by atoms with E-state index < -0.39 is 11.5 Å². The summed E-state index contributed by atoms with van der Waals surface area (Å²) in [5, 5.41) is 32.9. The normalized spacial score (nSPS) is 18.8. The van der Waals surface area contributed by atoms with Crippen LogP contribution in [0.2, 0.25) is 0 Å². The predicted octanol–water partition coefficient (Wildman–Crippen LogP) is 1.48. The van der Waals surface area contributed by atoms with E-state index in [9.17, 15) is 15.3 Å². The third-order valence-electron chi connectivity index (χ3n) is 5.88. The number of hydrogen-bond acceptors (Lipinski definition) is 7. The maximum absolute atomic E-state index is 9.93. The van der Waals surface area contributed by atoms with Gasteiger partial charge in [-0.3, -0.25) is 0 Å². The maximum atomic E-state index is 9.93. The smallest absolute Gasteiger partial charge is 0.167 e. The molecular formula is C23H26N4O4. The molecule has 0 saturated heterocycles. The lowest BCUT2D eigenvalue weighted by Crippen LogP contribution is -2.22. The fraction of sp³-hybridized carbons (Fsp3) is 0.391. The lowest BCUT2D eigenvalue weighted by molar-refractivity contribution is 0.127. The van der Waals surface area contributed by atoms with Gasteiger partial charge < -0.3 is 30.1 Å². The largest absolute Gasteiger partial charge is 0.396 e. The quantitative estimate of drug-likeness (QED) is 0.424. The van der Waals surface area contributed by atoms with Gasteiger partial charge in [0.1, 0.15) is 17.6 Å². The Morgan fingerprint density at radius 3 is 2.65 bits per heavy atom. The zero-order chi connectivity index (χ0) is 22.0. The van der Waals surface area contributed by atoms with E-state index in [0.717, 1.165) is 17.5 Å². The van der Waals surface area contributed by atoms with E-state index in [4.69, 9.17) is 10.3 Å². The molecule has 1 fully saturated rings. The molecule has 0 aliphatic heterocycles. The summed E-state index contributed by atoms with van der Waals surface area (Å²) in [6.45, 7) is 1.84. The first-order valence-electron chi connectivity index (χ1n) is 10.2. The van der Waals surface area contributed by atoms with Crippen molar-refractivity contribution < 1.29 is 19.8 Å². The lowest BCUT2D eigenvalue weighted by atomic mass is 10.1. The van der Waals surface area contributed by atoms with Crippen LogP contribution in [0.1, 0.15) is 42.6 Å². The van der Waals surface area contributed by atoms with Gasteiger partial charge in [-0.1, -0.05) is 17.0 Å². The second kappa shape index (κ2) is 8.65. The van der Waals surface area contributed by atoms with Gasteiger partial charge in [0.15, 0.2) is 5.76 Å². The molecule has 0 amide bonds. The van der Waals surface area contributed by atoms with Gasteiger partial charge in [-0.25, -0.2) is 4.98 Å². The van der Waals surface area contributed by atoms with Gasteiger partial charge in [0.25, 0.3) is 0 Å². The molecule has 0 radical (unpaired) electrons. The highest BCUT2D eigenvalue weighted by molar-refractivity contribution is 5.59. The van der Waals surface area contributed by atoms with Crippen molar-refractivity contribution >= 4 is 0 Å². The molecular weight excluding hydrogens is 396 g/mol. The first-order valence-corrected chi connectivity index (χ1v) is 10.2. The number of imidazole rings is 1. The summed E-state index contributed by atoms with van der Waals surface area (Å²) < 4.78 is 7.35. The van der Waals surface area contributed by atoms with Crippen LogP contribution < -0.4 is 5.73 Å². The van der Waals surface area contributed by atoms with Crippen molar-refractivity contribution in [3.63, 3.8) is 0 Å². The van der Waals surface area contributed by atoms with Gasteiger partial charge in [-0.2, -0.15) is 0 Å². The summed E-state index contributed by atoms with van der Waals surface area (Å²) >= 11 is 0. The average molecular weight is 422 g/mol. The van der Waals surface area contributed by atoms with E-state index in [-0.39, 0.29) is 31.7 Å². The second-order valence-electron chi connectivity index (χ2n) is 8.02. The van der Waals surface area contributed by atoms with Crippen molar-refractivity contribution in [2.75, 3.05) is 19.8 Å². The van der Waals surface area contributed by atoms with E-state index in [0.29, 0.717) is 17.3 Å². The van der Waals surface area contributed by atoms with E-state index in [2.05, 4.69) is 22.0 Å². The second-order valence-corrected chi connectivity index (χ2v) is 8.02. The molecule has 3 atom stereocenters. The standard InChI is InChI=1S/C23H26N4O4/c1-15(30)22-25-8-9-27(22)20(12-24)19-10-21(31-26-19)17-5-2-16(3-6-17)4-7-18-11-23(18,13-28)14-29/h2-3,5-6,8-10,15,18,20,28-30H,11-14,24H2,1H3. The van der Waals surface area contributed by atoms with Crippen molar-refractivity contribution in [2.24, 2.45) is 17.1 Å². The lowest BCUT2D eigenvalue weighted by Gasteiger charge is -2.17. The molecule has 1 aliphatic carbocycles. The van der Waals surface area contributed by atoms with Crippen LogP contribution in [0, 0.1) is 23.2 Å². The van der Waals surface area contributed by atoms with Crippen LogP contribution in [0.5, 0.6) is 0 Å². The Labute approximate surface area is 180 Å². The number of nitrogens with zero attached hydrogens (tertiary/aromatic N) is 3. The number of aromatic nitrogens is 3. The Morgan fingerprint density at radius 1 is 1.29 bits per heavy atom. The fourth-order valence-electron chi connectivity index (χ4n) is 3.71. The highest BCUT2D eigenvalue weighted by Gasteiger charge is 2.52. The molecule has 162 valence electrons. The SMILES string of the molecule is CC(O)c1nccn1C(CN)c1cc(-c2ccc(C#CC3CC3(CO)CO)cc2)on1. The molecule has 8 heteroatoms. The van der Waals surface area contributed by atoms with Gasteiger partial charge in [-0.05, 0) is 37.6 Å². The summed E-state index contributed by atoms with van der Waals surface area (Å²) in [4.78, 5) is 4.20. The summed E-state index contributed by atoms with van der Waals surface area (Å²) in [6.07, 6.45) is 3.39. The maximum Gasteiger partial charge on any atom is 0.167 e. The molecule has 1 aromatic carbocycles. The third-order valence-corrected chi connectivity index (χ3v) is 5.88. The van der Waals surface area contributed by atoms with E-state index >= 15 is 0 Å². The molecule has 8 nitrogen and oxygen atoms in total. The molecule has 3 unspecified atom stereocenters. The topological polar surface area (TPSA) is 131 Å². The Bertz CT molecular complexity index is 1090. The van der Waals surface area contributed by atoms with Gasteiger partial charge in [0, 0.05) is 47.5 Å². The van der Waals surface area contributed by atoms with Crippen LogP contribution in [0.25, 0.3) is 11.3 Å². The molecule has 0 spiro atoms. The minimum absolute atomic E-state index is 0.0295. The van der Waals surface area contributed by atoms with Crippen molar-refractivity contribution in [3.8, 4) is 23.2 Å². The van der Waals surface area contributed by atoms with Crippen molar-refractivity contribution in [3.05, 3.63) is 59.8 Å². The number of aliphatic hydroxyl groups excluding tert-OH is 3. The first kappa shape index (κ1) is 21.3. The number of hydrogen-bond donors (Lipinski definition) is 4. The fourth-order valence-corrected chi connectivity index (χ4v) is 3.71. The van der Waals surface area contributed by atoms with Crippen LogP contribution >= 0.6 is 0 Å². The van der Waals surface area contributed by atoms with Crippen molar-refractivity contribution in [1.29, 1.82) is 0 Å². The number of nitrogens with two attached hydrogens (primary N) is 1. The van der Waals surface area contributed by atoms with E-state index in [1.807, 2.05) is 34.9 Å². The number of aliphatic hydroxyl groups is 3. The number of rotatable bonds is 7. The van der Waals surface area contributed by atoms with Crippen LogP contribution in [-0.2, 0) is 0 Å². The monoisotopic (exact) mass is 422 g/mol. The summed E-state index contributed by atoms with van der Waals surface area (Å²) in [5.74, 6) is 7.39. The van der Waals surface area contributed by atoms with E-state index in [1.165, 1.54) is 0 Å². The van der Waals surface area contributed by atoms with Crippen LogP contribution in [0.3, 0.4) is 0 Å². The van der Waals surface area contributed by atoms with Crippen LogP contribution in [0.4, 0.5) is 0 Å². The zero-order valence-electron chi connectivity index (χ0n) is 17.3.